The summed E-state index contributed by atoms with van der Waals surface area (Å²) >= 11 is 0. The fraction of sp³-hybridized carbons (Fsp3) is 0.769. The van der Waals surface area contributed by atoms with Crippen LogP contribution in [0.5, 0.6) is 6.01 Å². The Balaban J connectivity index is 1.62. The fourth-order valence-electron chi connectivity index (χ4n) is 4.26. The van der Waals surface area contributed by atoms with Crippen LogP contribution < -0.4 is 15.5 Å². The Morgan fingerprint density at radius 1 is 1.14 bits per heavy atom. The summed E-state index contributed by atoms with van der Waals surface area (Å²) in [6, 6.07) is -0.606. The highest BCUT2D eigenvalue weighted by molar-refractivity contribution is 6.61. The quantitative estimate of drug-likeness (QED) is 0.549. The molecule has 2 atom stereocenters. The van der Waals surface area contributed by atoms with Crippen molar-refractivity contribution >= 4 is 24.6 Å². The molecule has 3 heterocycles. The Morgan fingerprint density at radius 2 is 1.73 bits per heavy atom. The van der Waals surface area contributed by atoms with Crippen molar-refractivity contribution in [2.75, 3.05) is 13.2 Å². The summed E-state index contributed by atoms with van der Waals surface area (Å²) in [4.78, 5) is 36.4. The van der Waals surface area contributed by atoms with E-state index in [2.05, 4.69) is 15.3 Å². The number of hydrogen-bond acceptors (Lipinski definition) is 8. The van der Waals surface area contributed by atoms with E-state index in [0.29, 0.717) is 12.0 Å². The molecule has 1 aromatic rings. The Kier molecular flexibility index (Phi) is 8.79. The normalized spacial score (nSPS) is 22.1. The molecule has 0 aliphatic carbocycles. The van der Waals surface area contributed by atoms with Gasteiger partial charge >= 0.3 is 19.2 Å². The van der Waals surface area contributed by atoms with E-state index in [9.17, 15) is 9.59 Å². The average molecular weight is 518 g/mol. The van der Waals surface area contributed by atoms with Crippen LogP contribution in [0.4, 0.5) is 4.79 Å². The minimum absolute atomic E-state index is 0.102. The second kappa shape index (κ2) is 11.1. The van der Waals surface area contributed by atoms with Crippen LogP contribution in [0.15, 0.2) is 12.4 Å². The lowest BCUT2D eigenvalue weighted by Crippen LogP contribution is -2.56. The van der Waals surface area contributed by atoms with E-state index >= 15 is 0 Å². The van der Waals surface area contributed by atoms with Crippen molar-refractivity contribution in [3.8, 4) is 6.01 Å². The van der Waals surface area contributed by atoms with Crippen molar-refractivity contribution in [3.05, 3.63) is 12.4 Å². The number of alkyl carbamates (subject to hydrolysis) is 1. The van der Waals surface area contributed by atoms with Gasteiger partial charge in [0.05, 0.1) is 17.2 Å². The highest BCUT2D eigenvalue weighted by atomic mass is 16.7. The van der Waals surface area contributed by atoms with E-state index in [1.807, 2.05) is 46.4 Å². The van der Waals surface area contributed by atoms with Crippen molar-refractivity contribution in [3.63, 3.8) is 0 Å². The topological polar surface area (TPSA) is 112 Å². The van der Waals surface area contributed by atoms with E-state index in [4.69, 9.17) is 18.8 Å². The van der Waals surface area contributed by atoms with Gasteiger partial charge in [-0.2, -0.15) is 0 Å². The molecule has 2 aliphatic heterocycles. The number of nitrogens with one attached hydrogen (secondary N) is 1. The largest absolute Gasteiger partial charge is 0.498 e. The molecule has 0 saturated carbocycles. The van der Waals surface area contributed by atoms with Gasteiger partial charge in [0.2, 0.25) is 5.91 Å². The van der Waals surface area contributed by atoms with Crippen molar-refractivity contribution in [1.29, 1.82) is 0 Å². The van der Waals surface area contributed by atoms with Gasteiger partial charge in [0.1, 0.15) is 18.2 Å². The van der Waals surface area contributed by atoms with Crippen molar-refractivity contribution in [1.82, 2.24) is 20.2 Å². The van der Waals surface area contributed by atoms with E-state index < -0.39 is 36.1 Å². The number of hydrogen-bond donors (Lipinski definition) is 1. The second-order valence-electron chi connectivity index (χ2n) is 12.2. The predicted molar refractivity (Wildman–Crippen MR) is 141 cm³/mol. The summed E-state index contributed by atoms with van der Waals surface area (Å²) in [6.45, 7) is 18.0. The zero-order valence-electron chi connectivity index (χ0n) is 23.8. The van der Waals surface area contributed by atoms with Gasteiger partial charge in [-0.05, 0) is 73.6 Å². The molecule has 0 aromatic carbocycles. The molecule has 0 unspecified atom stereocenters. The van der Waals surface area contributed by atoms with E-state index in [1.165, 1.54) is 0 Å². The minimum Gasteiger partial charge on any atom is -0.461 e. The second-order valence-corrected chi connectivity index (χ2v) is 12.2. The number of likely N-dealkylation sites (tertiary alicyclic amines) is 1. The average Bonchev–Trinajstić information content (AvgIpc) is 3.01. The molecule has 1 aromatic heterocycles. The maximum Gasteiger partial charge on any atom is 0.498 e. The van der Waals surface area contributed by atoms with Gasteiger partial charge < -0.3 is 29.0 Å². The maximum atomic E-state index is 13.5. The molecule has 0 bridgehead atoms. The smallest absolute Gasteiger partial charge is 0.461 e. The van der Waals surface area contributed by atoms with E-state index in [1.54, 1.807) is 33.2 Å². The predicted octanol–water partition coefficient (Wildman–Crippen LogP) is 3.09. The van der Waals surface area contributed by atoms with Gasteiger partial charge in [-0.25, -0.2) is 14.8 Å². The zero-order chi connectivity index (χ0) is 27.6. The van der Waals surface area contributed by atoms with Crippen molar-refractivity contribution in [2.45, 2.75) is 110 Å². The molecule has 10 nitrogen and oxygen atoms in total. The number of amides is 2. The molecule has 2 fully saturated rings. The first-order valence-electron chi connectivity index (χ1n) is 13.2. The van der Waals surface area contributed by atoms with Gasteiger partial charge in [0.25, 0.3) is 0 Å². The third-order valence-corrected chi connectivity index (χ3v) is 7.09. The summed E-state index contributed by atoms with van der Waals surface area (Å²) in [6.07, 6.45) is 5.39. The molecular weight excluding hydrogens is 475 g/mol. The number of aromatic nitrogens is 2. The SMILES string of the molecule is CC(C)[C@H](NC(=O)OC(C)(C)C)C(=O)N1CCCC[C@@H]1COc1ncc(B2OC(C)(C)C(C)(C)O2)cn1. The van der Waals surface area contributed by atoms with Crippen molar-refractivity contribution in [2.24, 2.45) is 5.92 Å². The van der Waals surface area contributed by atoms with Gasteiger partial charge in [-0.3, -0.25) is 4.79 Å². The highest BCUT2D eigenvalue weighted by Crippen LogP contribution is 2.36. The molecule has 37 heavy (non-hydrogen) atoms. The first kappa shape index (κ1) is 29.2. The molecular formula is C26H43BN4O6. The molecule has 2 amide bonds. The van der Waals surface area contributed by atoms with E-state index in [-0.39, 0.29) is 30.5 Å². The molecule has 11 heteroatoms. The van der Waals surface area contributed by atoms with Gasteiger partial charge in [0, 0.05) is 24.4 Å². The number of nitrogens with zero attached hydrogens (tertiary/aromatic N) is 3. The fourth-order valence-corrected chi connectivity index (χ4v) is 4.26. The molecule has 2 aliphatic rings. The lowest BCUT2D eigenvalue weighted by Gasteiger charge is -2.38. The summed E-state index contributed by atoms with van der Waals surface area (Å²) in [5.74, 6) is -0.236. The van der Waals surface area contributed by atoms with Crippen LogP contribution in [0, 0.1) is 5.92 Å². The van der Waals surface area contributed by atoms with Crippen LogP contribution >= 0.6 is 0 Å². The summed E-state index contributed by atoms with van der Waals surface area (Å²) in [5, 5.41) is 2.77. The number of piperidine rings is 1. The molecule has 3 rings (SSSR count). The molecule has 2 saturated heterocycles. The number of carbonyl (C=O) groups is 2. The number of ether oxygens (including phenoxy) is 2. The van der Waals surface area contributed by atoms with Crippen LogP contribution in [0.2, 0.25) is 0 Å². The standard InChI is InChI=1S/C26H43BN4O6/c1-17(2)20(30-23(33)35-24(3,4)5)21(32)31-13-11-10-12-19(31)16-34-22-28-14-18(15-29-22)27-36-25(6,7)26(8,9)37-27/h14-15,17,19-20H,10-13,16H2,1-9H3,(H,30,33)/t19-,20+/m1/s1. The molecule has 0 spiro atoms. The van der Waals surface area contributed by atoms with Gasteiger partial charge in [-0.15, -0.1) is 0 Å². The summed E-state index contributed by atoms with van der Waals surface area (Å²) in [5.41, 5.74) is -0.825. The van der Waals surface area contributed by atoms with Crippen molar-refractivity contribution < 1.29 is 28.4 Å². The lowest BCUT2D eigenvalue weighted by molar-refractivity contribution is -0.139. The van der Waals surface area contributed by atoms with Crippen LogP contribution in [0.25, 0.3) is 0 Å². The minimum atomic E-state index is -0.689. The lowest BCUT2D eigenvalue weighted by atomic mass is 9.81. The third kappa shape index (κ3) is 7.34. The monoisotopic (exact) mass is 518 g/mol. The number of rotatable bonds is 7. The molecule has 0 radical (unpaired) electrons. The van der Waals surface area contributed by atoms with Crippen LogP contribution in [-0.2, 0) is 18.8 Å². The van der Waals surface area contributed by atoms with E-state index in [0.717, 1.165) is 19.3 Å². The molecule has 206 valence electrons. The zero-order valence-corrected chi connectivity index (χ0v) is 23.8. The Labute approximate surface area is 221 Å². The Hall–Kier alpha value is -2.40. The van der Waals surface area contributed by atoms with Crippen LogP contribution in [-0.4, -0.2) is 76.0 Å². The first-order valence-corrected chi connectivity index (χ1v) is 13.2. The Morgan fingerprint density at radius 3 is 2.27 bits per heavy atom. The van der Waals surface area contributed by atoms with Gasteiger partial charge in [-0.1, -0.05) is 13.8 Å². The number of carbonyl (C=O) groups excluding carboxylic acids is 2. The van der Waals surface area contributed by atoms with Crippen LogP contribution in [0.1, 0.15) is 81.6 Å². The molecule has 1 N–H and O–H groups in total. The highest BCUT2D eigenvalue weighted by Gasteiger charge is 2.52. The first-order chi connectivity index (χ1) is 17.1. The summed E-state index contributed by atoms with van der Waals surface area (Å²) < 4.78 is 23.4. The third-order valence-electron chi connectivity index (χ3n) is 7.09. The maximum absolute atomic E-state index is 13.5. The summed E-state index contributed by atoms with van der Waals surface area (Å²) in [7, 11) is -0.545. The Bertz CT molecular complexity index is 931. The van der Waals surface area contributed by atoms with Crippen LogP contribution in [0.3, 0.4) is 0 Å². The van der Waals surface area contributed by atoms with Gasteiger partial charge in [0.15, 0.2) is 0 Å².